The van der Waals surface area contributed by atoms with Gasteiger partial charge in [0.15, 0.2) is 11.9 Å². The van der Waals surface area contributed by atoms with Gasteiger partial charge in [0.1, 0.15) is 4.83 Å². The predicted octanol–water partition coefficient (Wildman–Crippen LogP) is 3.76. The third kappa shape index (κ3) is 3.25. The third-order valence-electron chi connectivity index (χ3n) is 3.96. The number of aromatic amines is 1. The van der Waals surface area contributed by atoms with Crippen molar-refractivity contribution in [2.75, 3.05) is 5.73 Å². The van der Waals surface area contributed by atoms with Crippen LogP contribution in [0.5, 0.6) is 0 Å². The Labute approximate surface area is 152 Å². The summed E-state index contributed by atoms with van der Waals surface area (Å²) < 4.78 is 5.39. The first-order chi connectivity index (χ1) is 11.8. The first kappa shape index (κ1) is 17.4. The van der Waals surface area contributed by atoms with Crippen molar-refractivity contribution in [2.45, 2.75) is 26.9 Å². The fourth-order valence-corrected chi connectivity index (χ4v) is 3.68. The van der Waals surface area contributed by atoms with Gasteiger partial charge >= 0.3 is 5.97 Å². The summed E-state index contributed by atoms with van der Waals surface area (Å²) in [5.41, 5.74) is 6.91. The SMILES string of the molecule is Cc1sc2nc([C@H](C)OC(=O)c3ccc(Cl)cc3N)[nH]c(=O)c2c1C. The van der Waals surface area contributed by atoms with Crippen LogP contribution >= 0.6 is 22.9 Å². The molecule has 0 bridgehead atoms. The van der Waals surface area contributed by atoms with Crippen molar-refractivity contribution in [3.05, 3.63) is 55.4 Å². The van der Waals surface area contributed by atoms with Crippen LogP contribution in [0, 0.1) is 13.8 Å². The van der Waals surface area contributed by atoms with Crippen molar-refractivity contribution < 1.29 is 9.53 Å². The van der Waals surface area contributed by atoms with Gasteiger partial charge in [-0.05, 0) is 44.5 Å². The summed E-state index contributed by atoms with van der Waals surface area (Å²) in [5.74, 6) is -0.317. The molecule has 1 aromatic carbocycles. The molecule has 25 heavy (non-hydrogen) atoms. The lowest BCUT2D eigenvalue weighted by atomic mass is 10.2. The zero-order chi connectivity index (χ0) is 18.3. The summed E-state index contributed by atoms with van der Waals surface area (Å²) in [7, 11) is 0. The van der Waals surface area contributed by atoms with Crippen molar-refractivity contribution in [1.29, 1.82) is 0 Å². The number of benzene rings is 1. The number of nitrogens with one attached hydrogen (secondary N) is 1. The number of esters is 1. The van der Waals surface area contributed by atoms with Gasteiger partial charge in [0.25, 0.3) is 5.56 Å². The molecule has 0 radical (unpaired) electrons. The van der Waals surface area contributed by atoms with Crippen molar-refractivity contribution in [3.8, 4) is 0 Å². The molecule has 2 aromatic heterocycles. The van der Waals surface area contributed by atoms with Gasteiger partial charge in [0, 0.05) is 15.6 Å². The molecule has 0 unspecified atom stereocenters. The van der Waals surface area contributed by atoms with Gasteiger partial charge in [-0.2, -0.15) is 0 Å². The first-order valence-corrected chi connectivity index (χ1v) is 8.73. The average Bonchev–Trinajstić information content (AvgIpc) is 2.82. The van der Waals surface area contributed by atoms with Gasteiger partial charge in [-0.25, -0.2) is 9.78 Å². The Balaban J connectivity index is 1.90. The number of nitrogen functional groups attached to an aromatic ring is 1. The number of nitrogens with zero attached hydrogens (tertiary/aromatic N) is 1. The molecule has 2 heterocycles. The number of thiophene rings is 1. The molecular formula is C17H16ClN3O3S. The molecule has 0 aliphatic rings. The lowest BCUT2D eigenvalue weighted by Crippen LogP contribution is -2.17. The smallest absolute Gasteiger partial charge is 0.340 e. The number of aromatic nitrogens is 2. The summed E-state index contributed by atoms with van der Waals surface area (Å²) >= 11 is 7.27. The Morgan fingerprint density at radius 2 is 2.12 bits per heavy atom. The lowest BCUT2D eigenvalue weighted by Gasteiger charge is -2.13. The lowest BCUT2D eigenvalue weighted by molar-refractivity contribution is 0.0321. The summed E-state index contributed by atoms with van der Waals surface area (Å²) in [4.78, 5) is 33.4. The molecule has 1 atom stereocenters. The number of hydrogen-bond acceptors (Lipinski definition) is 6. The van der Waals surface area contributed by atoms with Crippen LogP contribution in [0.4, 0.5) is 5.69 Å². The largest absolute Gasteiger partial charge is 0.451 e. The van der Waals surface area contributed by atoms with Gasteiger partial charge in [-0.3, -0.25) is 4.79 Å². The highest BCUT2D eigenvalue weighted by molar-refractivity contribution is 7.18. The average molecular weight is 378 g/mol. The van der Waals surface area contributed by atoms with Crippen molar-refractivity contribution in [2.24, 2.45) is 0 Å². The second kappa shape index (κ2) is 6.50. The number of ether oxygens (including phenoxy) is 1. The number of carbonyl (C=O) groups excluding carboxylic acids is 1. The van der Waals surface area contributed by atoms with Gasteiger partial charge in [0.2, 0.25) is 0 Å². The minimum Gasteiger partial charge on any atom is -0.451 e. The van der Waals surface area contributed by atoms with Crippen molar-refractivity contribution in [1.82, 2.24) is 9.97 Å². The van der Waals surface area contributed by atoms with Crippen LogP contribution in [0.2, 0.25) is 5.02 Å². The maximum Gasteiger partial charge on any atom is 0.340 e. The number of rotatable bonds is 3. The maximum atomic E-state index is 12.3. The summed E-state index contributed by atoms with van der Waals surface area (Å²) in [6.45, 7) is 5.46. The number of fused-ring (bicyclic) bond motifs is 1. The van der Waals surface area contributed by atoms with Gasteiger partial charge in [0.05, 0.1) is 10.9 Å². The van der Waals surface area contributed by atoms with Gasteiger partial charge in [-0.15, -0.1) is 11.3 Å². The number of nitrogens with two attached hydrogens (primary N) is 1. The van der Waals surface area contributed by atoms with Gasteiger partial charge in [-0.1, -0.05) is 11.6 Å². The van der Waals surface area contributed by atoms with E-state index in [9.17, 15) is 9.59 Å². The van der Waals surface area contributed by atoms with E-state index in [-0.39, 0.29) is 16.8 Å². The van der Waals surface area contributed by atoms with Crippen LogP contribution in [0.1, 0.15) is 39.7 Å². The molecule has 3 aromatic rings. The molecule has 0 aliphatic carbocycles. The molecule has 3 rings (SSSR count). The quantitative estimate of drug-likeness (QED) is 0.535. The fraction of sp³-hybridized carbons (Fsp3) is 0.235. The Hall–Kier alpha value is -2.38. The molecule has 3 N–H and O–H groups in total. The summed E-state index contributed by atoms with van der Waals surface area (Å²) in [6, 6.07) is 4.53. The number of halogens is 1. The second-order valence-electron chi connectivity index (χ2n) is 5.69. The van der Waals surface area contributed by atoms with Crippen LogP contribution in [0.3, 0.4) is 0 Å². The Morgan fingerprint density at radius 1 is 1.40 bits per heavy atom. The standard InChI is InChI=1S/C17H16ClN3O3S/c1-7-9(3)25-16-13(7)15(22)20-14(21-16)8(2)24-17(23)11-5-4-10(18)6-12(11)19/h4-6,8H,19H2,1-3H3,(H,20,21,22)/t8-/m0/s1. The maximum absolute atomic E-state index is 12.3. The van der Waals surface area contributed by atoms with Gasteiger partial charge < -0.3 is 15.5 Å². The topological polar surface area (TPSA) is 98.1 Å². The second-order valence-corrected chi connectivity index (χ2v) is 7.33. The zero-order valence-electron chi connectivity index (χ0n) is 13.8. The fourth-order valence-electron chi connectivity index (χ4n) is 2.46. The van der Waals surface area contributed by atoms with E-state index in [0.717, 1.165) is 10.4 Å². The zero-order valence-corrected chi connectivity index (χ0v) is 15.4. The van der Waals surface area contributed by atoms with E-state index in [0.29, 0.717) is 21.1 Å². The Morgan fingerprint density at radius 3 is 2.80 bits per heavy atom. The van der Waals surface area contributed by atoms with Crippen LogP contribution in [-0.2, 0) is 4.74 Å². The normalized spacial score (nSPS) is 12.3. The Bertz CT molecular complexity index is 1040. The van der Waals surface area contributed by atoms with Crippen LogP contribution in [0.15, 0.2) is 23.0 Å². The van der Waals surface area contributed by atoms with Crippen molar-refractivity contribution in [3.63, 3.8) is 0 Å². The molecule has 0 spiro atoms. The van der Waals surface area contributed by atoms with E-state index in [1.165, 1.54) is 23.5 Å². The summed E-state index contributed by atoms with van der Waals surface area (Å²) in [6.07, 6.45) is -0.734. The first-order valence-electron chi connectivity index (χ1n) is 7.54. The van der Waals surface area contributed by atoms with E-state index >= 15 is 0 Å². The number of anilines is 1. The van der Waals surface area contributed by atoms with Crippen LogP contribution < -0.4 is 11.3 Å². The molecular weight excluding hydrogens is 362 g/mol. The predicted molar refractivity (Wildman–Crippen MR) is 99.4 cm³/mol. The molecule has 0 amide bonds. The number of aryl methyl sites for hydroxylation is 2. The highest BCUT2D eigenvalue weighted by Gasteiger charge is 2.20. The molecule has 8 heteroatoms. The minimum atomic E-state index is -0.734. The Kier molecular flexibility index (Phi) is 4.53. The van der Waals surface area contributed by atoms with E-state index in [4.69, 9.17) is 22.1 Å². The van der Waals surface area contributed by atoms with E-state index < -0.39 is 12.1 Å². The van der Waals surface area contributed by atoms with E-state index in [1.807, 2.05) is 13.8 Å². The number of H-pyrrole nitrogens is 1. The minimum absolute atomic E-state index is 0.211. The third-order valence-corrected chi connectivity index (χ3v) is 5.30. The molecule has 0 saturated carbocycles. The van der Waals surface area contributed by atoms with Crippen molar-refractivity contribution >= 4 is 44.8 Å². The molecule has 0 saturated heterocycles. The highest BCUT2D eigenvalue weighted by atomic mass is 35.5. The molecule has 0 aliphatic heterocycles. The van der Waals surface area contributed by atoms with E-state index in [1.54, 1.807) is 13.0 Å². The number of hydrogen-bond donors (Lipinski definition) is 2. The van der Waals surface area contributed by atoms with E-state index in [2.05, 4.69) is 9.97 Å². The summed E-state index contributed by atoms with van der Waals surface area (Å²) in [5, 5.41) is 1.01. The van der Waals surface area contributed by atoms with Crippen LogP contribution in [-0.4, -0.2) is 15.9 Å². The molecule has 6 nitrogen and oxygen atoms in total. The monoisotopic (exact) mass is 377 g/mol. The number of carbonyl (C=O) groups is 1. The molecule has 0 fully saturated rings. The molecule has 130 valence electrons. The highest BCUT2D eigenvalue weighted by Crippen LogP contribution is 2.27. The van der Waals surface area contributed by atoms with Crippen LogP contribution in [0.25, 0.3) is 10.2 Å².